The number of benzene rings is 2. The van der Waals surface area contributed by atoms with Gasteiger partial charge in [-0.1, -0.05) is 48.0 Å². The van der Waals surface area contributed by atoms with Crippen molar-refractivity contribution in [2.75, 3.05) is 5.43 Å². The van der Waals surface area contributed by atoms with Crippen LogP contribution in [-0.4, -0.2) is 11.2 Å². The van der Waals surface area contributed by atoms with E-state index in [1.807, 2.05) is 36.4 Å². The Morgan fingerprint density at radius 3 is 2.54 bits per heavy atom. The minimum atomic E-state index is 0.760. The summed E-state index contributed by atoms with van der Waals surface area (Å²) in [7, 11) is 0. The van der Waals surface area contributed by atoms with Crippen molar-refractivity contribution in [2.24, 2.45) is 5.10 Å². The van der Waals surface area contributed by atoms with Crippen molar-refractivity contribution in [3.8, 4) is 0 Å². The highest BCUT2D eigenvalue weighted by atomic mass is 15.3. The molecule has 0 saturated heterocycles. The van der Waals surface area contributed by atoms with Crippen LogP contribution < -0.4 is 5.43 Å². The molecular weight excluding hydrogens is 294 g/mol. The number of nitrogens with one attached hydrogen (secondary N) is 1. The normalized spacial score (nSPS) is 11.6. The lowest BCUT2D eigenvalue weighted by atomic mass is 10.0. The first kappa shape index (κ1) is 15.9. The molecule has 1 heterocycles. The summed E-state index contributed by atoms with van der Waals surface area (Å²) in [5.41, 5.74) is 8.83. The third-order valence-electron chi connectivity index (χ3n) is 3.88. The Hall–Kier alpha value is -2.94. The molecule has 3 rings (SSSR count). The zero-order chi connectivity index (χ0) is 16.9. The van der Waals surface area contributed by atoms with Crippen molar-refractivity contribution >= 4 is 29.0 Å². The van der Waals surface area contributed by atoms with E-state index in [-0.39, 0.29) is 0 Å². The van der Waals surface area contributed by atoms with Crippen LogP contribution >= 0.6 is 0 Å². The van der Waals surface area contributed by atoms with Crippen LogP contribution in [-0.2, 0) is 0 Å². The Bertz CT molecular complexity index is 909. The maximum Gasteiger partial charge on any atom is 0.147 e. The molecule has 3 heteroatoms. The van der Waals surface area contributed by atoms with Gasteiger partial charge in [0.1, 0.15) is 5.82 Å². The maximum absolute atomic E-state index is 4.68. The molecule has 0 saturated carbocycles. The molecule has 0 spiro atoms. The summed E-state index contributed by atoms with van der Waals surface area (Å²) < 4.78 is 0. The smallest absolute Gasteiger partial charge is 0.147 e. The molecule has 1 aromatic heterocycles. The third kappa shape index (κ3) is 3.69. The number of hydrogen-bond acceptors (Lipinski definition) is 3. The largest absolute Gasteiger partial charge is 0.261 e. The minimum Gasteiger partial charge on any atom is -0.261 e. The predicted molar refractivity (Wildman–Crippen MR) is 104 cm³/mol. The van der Waals surface area contributed by atoms with Gasteiger partial charge in [-0.05, 0) is 55.7 Å². The lowest BCUT2D eigenvalue weighted by molar-refractivity contribution is 1.24. The van der Waals surface area contributed by atoms with E-state index in [1.54, 1.807) is 6.21 Å². The minimum absolute atomic E-state index is 0.760. The standard InChI is InChI=1S/C21H21N3/c1-15-12-17(3)21-19(13-15)16(2)14-20(23-21)24-22-11-7-10-18-8-5-4-6-9-18/h4-14H,1-3H3,(H,23,24). The molecule has 0 radical (unpaired) electrons. The fourth-order valence-corrected chi connectivity index (χ4v) is 2.77. The van der Waals surface area contributed by atoms with Gasteiger partial charge in [-0.15, -0.1) is 0 Å². The lowest BCUT2D eigenvalue weighted by Gasteiger charge is -2.09. The fraction of sp³-hybridized carbons (Fsp3) is 0.143. The number of rotatable bonds is 4. The molecule has 0 aliphatic heterocycles. The molecule has 0 aliphatic rings. The SMILES string of the molecule is Cc1cc(C)c2nc(NN=CC=Cc3ccccc3)cc(C)c2c1. The second-order valence-corrected chi connectivity index (χ2v) is 5.96. The van der Waals surface area contributed by atoms with Gasteiger partial charge in [-0.2, -0.15) is 5.10 Å². The highest BCUT2D eigenvalue weighted by Gasteiger charge is 2.05. The van der Waals surface area contributed by atoms with Crippen LogP contribution in [0.15, 0.2) is 59.7 Å². The summed E-state index contributed by atoms with van der Waals surface area (Å²) in [4.78, 5) is 4.68. The van der Waals surface area contributed by atoms with Gasteiger partial charge >= 0.3 is 0 Å². The van der Waals surface area contributed by atoms with Gasteiger partial charge in [0.25, 0.3) is 0 Å². The van der Waals surface area contributed by atoms with Crippen molar-refractivity contribution in [1.82, 2.24) is 4.98 Å². The molecule has 0 unspecified atom stereocenters. The first-order valence-corrected chi connectivity index (χ1v) is 8.03. The Kier molecular flexibility index (Phi) is 4.71. The zero-order valence-electron chi connectivity index (χ0n) is 14.2. The zero-order valence-corrected chi connectivity index (χ0v) is 14.2. The molecule has 0 bridgehead atoms. The average Bonchev–Trinajstić information content (AvgIpc) is 2.57. The number of fused-ring (bicyclic) bond motifs is 1. The van der Waals surface area contributed by atoms with Crippen molar-refractivity contribution in [1.29, 1.82) is 0 Å². The topological polar surface area (TPSA) is 37.3 Å². The van der Waals surface area contributed by atoms with Crippen molar-refractivity contribution in [3.05, 3.63) is 76.9 Å². The second kappa shape index (κ2) is 7.09. The van der Waals surface area contributed by atoms with Gasteiger partial charge < -0.3 is 0 Å². The number of aromatic nitrogens is 1. The van der Waals surface area contributed by atoms with Crippen LogP contribution in [0, 0.1) is 20.8 Å². The number of anilines is 1. The summed E-state index contributed by atoms with van der Waals surface area (Å²) in [5.74, 6) is 0.760. The molecule has 1 N–H and O–H groups in total. The first-order chi connectivity index (χ1) is 11.6. The summed E-state index contributed by atoms with van der Waals surface area (Å²) in [6, 6.07) is 16.5. The summed E-state index contributed by atoms with van der Waals surface area (Å²) >= 11 is 0. The van der Waals surface area contributed by atoms with Crippen LogP contribution in [0.25, 0.3) is 17.0 Å². The molecule has 0 fully saturated rings. The molecule has 3 aromatic rings. The number of aryl methyl sites for hydroxylation is 3. The number of hydrogen-bond donors (Lipinski definition) is 1. The Morgan fingerprint density at radius 2 is 1.75 bits per heavy atom. The van der Waals surface area contributed by atoms with Gasteiger partial charge in [0.15, 0.2) is 0 Å². The highest BCUT2D eigenvalue weighted by molar-refractivity contribution is 5.87. The monoisotopic (exact) mass is 315 g/mol. The summed E-state index contributed by atoms with van der Waals surface area (Å²) in [6.45, 7) is 6.31. The van der Waals surface area contributed by atoms with Gasteiger partial charge in [0.05, 0.1) is 5.52 Å². The van der Waals surface area contributed by atoms with Crippen LogP contribution in [0.2, 0.25) is 0 Å². The van der Waals surface area contributed by atoms with Crippen LogP contribution in [0.4, 0.5) is 5.82 Å². The van der Waals surface area contributed by atoms with E-state index in [9.17, 15) is 0 Å². The first-order valence-electron chi connectivity index (χ1n) is 8.03. The predicted octanol–water partition coefficient (Wildman–Crippen LogP) is 5.27. The third-order valence-corrected chi connectivity index (χ3v) is 3.88. The van der Waals surface area contributed by atoms with Crippen LogP contribution in [0.5, 0.6) is 0 Å². The van der Waals surface area contributed by atoms with Crippen molar-refractivity contribution in [3.63, 3.8) is 0 Å². The Morgan fingerprint density at radius 1 is 0.958 bits per heavy atom. The van der Waals surface area contributed by atoms with Crippen LogP contribution in [0.3, 0.4) is 0 Å². The Balaban J connectivity index is 1.76. The maximum atomic E-state index is 4.68. The van der Waals surface area contributed by atoms with E-state index < -0.39 is 0 Å². The second-order valence-electron chi connectivity index (χ2n) is 5.96. The van der Waals surface area contributed by atoms with Crippen molar-refractivity contribution in [2.45, 2.75) is 20.8 Å². The molecular formula is C21H21N3. The van der Waals surface area contributed by atoms with Crippen molar-refractivity contribution < 1.29 is 0 Å². The van der Waals surface area contributed by atoms with Crippen LogP contribution in [0.1, 0.15) is 22.3 Å². The number of allylic oxidation sites excluding steroid dienone is 1. The fourth-order valence-electron chi connectivity index (χ4n) is 2.77. The molecule has 120 valence electrons. The molecule has 0 aliphatic carbocycles. The van der Waals surface area contributed by atoms with Gasteiger partial charge in [-0.25, -0.2) is 4.98 Å². The molecule has 0 atom stereocenters. The lowest BCUT2D eigenvalue weighted by Crippen LogP contribution is -1.96. The number of hydrazone groups is 1. The Labute approximate surface area is 142 Å². The van der Waals surface area contributed by atoms with Gasteiger partial charge in [0.2, 0.25) is 0 Å². The van der Waals surface area contributed by atoms with E-state index in [1.165, 1.54) is 22.1 Å². The highest BCUT2D eigenvalue weighted by Crippen LogP contribution is 2.24. The molecule has 2 aromatic carbocycles. The van der Waals surface area contributed by atoms with E-state index >= 15 is 0 Å². The van der Waals surface area contributed by atoms with Gasteiger partial charge in [0, 0.05) is 11.6 Å². The van der Waals surface area contributed by atoms with Gasteiger partial charge in [-0.3, -0.25) is 5.43 Å². The molecule has 24 heavy (non-hydrogen) atoms. The number of nitrogens with zero attached hydrogens (tertiary/aromatic N) is 2. The van der Waals surface area contributed by atoms with E-state index in [2.05, 4.69) is 60.5 Å². The van der Waals surface area contributed by atoms with E-state index in [4.69, 9.17) is 0 Å². The quantitative estimate of drug-likeness (QED) is 0.526. The number of pyridine rings is 1. The van der Waals surface area contributed by atoms with E-state index in [0.29, 0.717) is 0 Å². The summed E-state index contributed by atoms with van der Waals surface area (Å²) in [6.07, 6.45) is 5.65. The average molecular weight is 315 g/mol. The molecule has 0 amide bonds. The summed E-state index contributed by atoms with van der Waals surface area (Å²) in [5, 5.41) is 5.43. The molecule has 3 nitrogen and oxygen atoms in total. The van der Waals surface area contributed by atoms with E-state index in [0.717, 1.165) is 16.9 Å².